The Bertz CT molecular complexity index is 779. The van der Waals surface area contributed by atoms with E-state index in [2.05, 4.69) is 56.5 Å². The van der Waals surface area contributed by atoms with Gasteiger partial charge in [0.1, 0.15) is 0 Å². The number of fused-ring (bicyclic) bond motifs is 1. The molecule has 4 nitrogen and oxygen atoms in total. The highest BCUT2D eigenvalue weighted by atomic mass is 79.9. The molecule has 108 valence electrons. The second-order valence-corrected chi connectivity index (χ2v) is 5.97. The molecule has 0 aliphatic rings. The molecule has 2 heterocycles. The summed E-state index contributed by atoms with van der Waals surface area (Å²) in [5.74, 6) is 0. The molecule has 5 heteroatoms. The molecule has 1 N–H and O–H groups in total. The van der Waals surface area contributed by atoms with Gasteiger partial charge >= 0.3 is 0 Å². The molecule has 0 bridgehead atoms. The second kappa shape index (κ2) is 5.85. The number of anilines is 1. The van der Waals surface area contributed by atoms with Crippen molar-refractivity contribution in [2.75, 3.05) is 5.32 Å². The van der Waals surface area contributed by atoms with E-state index in [1.807, 2.05) is 29.9 Å². The maximum absolute atomic E-state index is 4.42. The molecular weight excluding hydrogens is 328 g/mol. The van der Waals surface area contributed by atoms with Gasteiger partial charge in [0.2, 0.25) is 0 Å². The quantitative estimate of drug-likeness (QED) is 0.778. The summed E-state index contributed by atoms with van der Waals surface area (Å²) in [6.45, 7) is 4.87. The third-order valence-corrected chi connectivity index (χ3v) is 3.91. The molecule has 0 saturated carbocycles. The van der Waals surface area contributed by atoms with E-state index < -0.39 is 0 Å². The van der Waals surface area contributed by atoms with Crippen molar-refractivity contribution >= 4 is 27.3 Å². The van der Waals surface area contributed by atoms with Crippen molar-refractivity contribution in [3.63, 3.8) is 0 Å². The van der Waals surface area contributed by atoms with Crippen LogP contribution in [0.4, 0.5) is 5.69 Å². The molecule has 0 aliphatic carbocycles. The Balaban J connectivity index is 1.79. The topological polar surface area (TPSA) is 42.2 Å². The lowest BCUT2D eigenvalue weighted by atomic mass is 10.1. The first-order valence-corrected chi connectivity index (χ1v) is 7.78. The summed E-state index contributed by atoms with van der Waals surface area (Å²) in [7, 11) is 0. The van der Waals surface area contributed by atoms with E-state index >= 15 is 0 Å². The van der Waals surface area contributed by atoms with Gasteiger partial charge in [-0.2, -0.15) is 5.10 Å². The van der Waals surface area contributed by atoms with Crippen LogP contribution in [0.25, 0.3) is 5.65 Å². The van der Waals surface area contributed by atoms with Crippen LogP contribution < -0.4 is 5.32 Å². The Hall–Kier alpha value is -1.88. The van der Waals surface area contributed by atoms with Crippen molar-refractivity contribution in [3.05, 3.63) is 58.0 Å². The summed E-state index contributed by atoms with van der Waals surface area (Å²) in [6.07, 6.45) is 4.91. The Morgan fingerprint density at radius 1 is 1.29 bits per heavy atom. The van der Waals surface area contributed by atoms with Gasteiger partial charge in [0.05, 0.1) is 5.69 Å². The standard InChI is InChI=1S/C16H17BrN4/c1-3-13-7-14(17)4-5-15(13)18-8-12-9-19-16-6-11(2)20-21(16)10-12/h4-7,9-10,18H,3,8H2,1-2H3. The maximum atomic E-state index is 4.42. The molecule has 1 aromatic carbocycles. The van der Waals surface area contributed by atoms with Crippen LogP contribution in [0.2, 0.25) is 0 Å². The Labute approximate surface area is 132 Å². The second-order valence-electron chi connectivity index (χ2n) is 5.06. The van der Waals surface area contributed by atoms with E-state index in [9.17, 15) is 0 Å². The zero-order valence-electron chi connectivity index (χ0n) is 12.1. The van der Waals surface area contributed by atoms with E-state index in [0.717, 1.165) is 40.0 Å². The molecule has 3 aromatic rings. The Kier molecular flexibility index (Phi) is 3.92. The number of nitrogens with one attached hydrogen (secondary N) is 1. The van der Waals surface area contributed by atoms with Crippen LogP contribution in [0.15, 0.2) is 41.1 Å². The molecular formula is C16H17BrN4. The fraction of sp³-hybridized carbons (Fsp3) is 0.250. The largest absolute Gasteiger partial charge is 0.381 e. The minimum atomic E-state index is 0.733. The van der Waals surface area contributed by atoms with E-state index in [1.54, 1.807) is 0 Å². The average Bonchev–Trinajstić information content (AvgIpc) is 2.85. The number of nitrogens with zero attached hydrogens (tertiary/aromatic N) is 3. The first-order chi connectivity index (χ1) is 10.2. The Morgan fingerprint density at radius 3 is 2.95 bits per heavy atom. The third kappa shape index (κ3) is 3.08. The predicted octanol–water partition coefficient (Wildman–Crippen LogP) is 3.97. The number of aromatic nitrogens is 3. The van der Waals surface area contributed by atoms with E-state index in [0.29, 0.717) is 0 Å². The summed E-state index contributed by atoms with van der Waals surface area (Å²) in [6, 6.07) is 8.29. The molecule has 0 aliphatic heterocycles. The first kappa shape index (κ1) is 14.1. The van der Waals surface area contributed by atoms with Crippen molar-refractivity contribution in [2.24, 2.45) is 0 Å². The van der Waals surface area contributed by atoms with Gasteiger partial charge in [-0.25, -0.2) is 9.50 Å². The van der Waals surface area contributed by atoms with Gasteiger partial charge in [-0.3, -0.25) is 0 Å². The molecule has 0 amide bonds. The van der Waals surface area contributed by atoms with Gasteiger partial charge in [-0.15, -0.1) is 0 Å². The molecule has 0 unspecified atom stereocenters. The van der Waals surface area contributed by atoms with Crippen LogP contribution in [0.3, 0.4) is 0 Å². The number of rotatable bonds is 4. The summed E-state index contributed by atoms with van der Waals surface area (Å²) >= 11 is 3.51. The van der Waals surface area contributed by atoms with Gasteiger partial charge in [0, 0.05) is 40.7 Å². The van der Waals surface area contributed by atoms with Gasteiger partial charge in [-0.05, 0) is 37.1 Å². The molecule has 0 radical (unpaired) electrons. The molecule has 21 heavy (non-hydrogen) atoms. The van der Waals surface area contributed by atoms with Gasteiger partial charge in [-0.1, -0.05) is 22.9 Å². The monoisotopic (exact) mass is 344 g/mol. The molecule has 0 spiro atoms. The molecule has 0 atom stereocenters. The van der Waals surface area contributed by atoms with Crippen molar-refractivity contribution < 1.29 is 0 Å². The maximum Gasteiger partial charge on any atom is 0.155 e. The van der Waals surface area contributed by atoms with Gasteiger partial charge < -0.3 is 5.32 Å². The average molecular weight is 345 g/mol. The van der Waals surface area contributed by atoms with Crippen LogP contribution in [-0.4, -0.2) is 14.6 Å². The zero-order chi connectivity index (χ0) is 14.8. The smallest absolute Gasteiger partial charge is 0.155 e. The summed E-state index contributed by atoms with van der Waals surface area (Å²) in [5, 5.41) is 7.87. The zero-order valence-corrected chi connectivity index (χ0v) is 13.7. The summed E-state index contributed by atoms with van der Waals surface area (Å²) in [4.78, 5) is 4.42. The van der Waals surface area contributed by atoms with Crippen LogP contribution in [0.5, 0.6) is 0 Å². The number of hydrogen-bond donors (Lipinski definition) is 1. The van der Waals surface area contributed by atoms with Gasteiger partial charge in [0.25, 0.3) is 0 Å². The molecule has 2 aromatic heterocycles. The number of aryl methyl sites for hydroxylation is 2. The van der Waals surface area contributed by atoms with Crippen molar-refractivity contribution in [1.82, 2.24) is 14.6 Å². The van der Waals surface area contributed by atoms with Crippen LogP contribution in [0.1, 0.15) is 23.7 Å². The third-order valence-electron chi connectivity index (χ3n) is 3.42. The van der Waals surface area contributed by atoms with Crippen molar-refractivity contribution in [3.8, 4) is 0 Å². The fourth-order valence-electron chi connectivity index (χ4n) is 2.35. The van der Waals surface area contributed by atoms with E-state index in [4.69, 9.17) is 0 Å². The minimum Gasteiger partial charge on any atom is -0.381 e. The van der Waals surface area contributed by atoms with Crippen LogP contribution >= 0.6 is 15.9 Å². The highest BCUT2D eigenvalue weighted by Gasteiger charge is 2.04. The molecule has 3 rings (SSSR count). The lowest BCUT2D eigenvalue weighted by molar-refractivity contribution is 0.895. The highest BCUT2D eigenvalue weighted by molar-refractivity contribution is 9.10. The Morgan fingerprint density at radius 2 is 2.14 bits per heavy atom. The fourth-order valence-corrected chi connectivity index (χ4v) is 2.76. The van der Waals surface area contributed by atoms with Crippen LogP contribution in [-0.2, 0) is 13.0 Å². The van der Waals surface area contributed by atoms with Crippen LogP contribution in [0, 0.1) is 6.92 Å². The lowest BCUT2D eigenvalue weighted by Crippen LogP contribution is -2.04. The number of halogens is 1. The highest BCUT2D eigenvalue weighted by Crippen LogP contribution is 2.22. The SMILES string of the molecule is CCc1cc(Br)ccc1NCc1cnc2cc(C)nn2c1. The normalized spacial score (nSPS) is 11.0. The lowest BCUT2D eigenvalue weighted by Gasteiger charge is -2.11. The molecule has 0 saturated heterocycles. The summed E-state index contributed by atoms with van der Waals surface area (Å²) in [5.41, 5.74) is 5.43. The summed E-state index contributed by atoms with van der Waals surface area (Å²) < 4.78 is 2.94. The predicted molar refractivity (Wildman–Crippen MR) is 88.6 cm³/mol. The van der Waals surface area contributed by atoms with E-state index in [1.165, 1.54) is 5.56 Å². The van der Waals surface area contributed by atoms with Crippen molar-refractivity contribution in [1.29, 1.82) is 0 Å². The van der Waals surface area contributed by atoms with E-state index in [-0.39, 0.29) is 0 Å². The van der Waals surface area contributed by atoms with Gasteiger partial charge in [0.15, 0.2) is 5.65 Å². The number of benzene rings is 1. The van der Waals surface area contributed by atoms with Crippen molar-refractivity contribution in [2.45, 2.75) is 26.8 Å². The first-order valence-electron chi connectivity index (χ1n) is 6.99. The minimum absolute atomic E-state index is 0.733. The molecule has 0 fully saturated rings. The number of hydrogen-bond acceptors (Lipinski definition) is 3.